The van der Waals surface area contributed by atoms with Crippen LogP contribution in [0.1, 0.15) is 55.4 Å². The van der Waals surface area contributed by atoms with E-state index in [0.29, 0.717) is 26.4 Å². The molecule has 4 nitrogen and oxygen atoms in total. The Hall–Kier alpha value is -3.68. The van der Waals surface area contributed by atoms with Crippen LogP contribution >= 0.6 is 0 Å². The molecule has 0 saturated carbocycles. The normalized spacial score (nSPS) is 24.2. The van der Waals surface area contributed by atoms with Crippen molar-refractivity contribution in [3.8, 4) is 94.7 Å². The zero-order chi connectivity index (χ0) is 28.0. The molecule has 2 fully saturated rings. The fraction of sp³-hybridized carbons (Fsp3) is 0.529. The third-order valence-electron chi connectivity index (χ3n) is 5.32. The first-order valence-electron chi connectivity index (χ1n) is 12.4. The zero-order valence-electron chi connectivity index (χ0n) is 23.5. The van der Waals surface area contributed by atoms with Gasteiger partial charge in [-0.25, -0.2) is 0 Å². The van der Waals surface area contributed by atoms with Crippen LogP contribution in [0.15, 0.2) is 0 Å². The van der Waals surface area contributed by atoms with Crippen LogP contribution in [0, 0.1) is 116 Å². The number of rotatable bonds is 0. The molecule has 0 aromatic heterocycles. The van der Waals surface area contributed by atoms with Gasteiger partial charge in [0, 0.05) is 10.8 Å². The van der Waals surface area contributed by atoms with Gasteiger partial charge in [0.1, 0.15) is 0 Å². The molecule has 0 amide bonds. The van der Waals surface area contributed by atoms with Crippen molar-refractivity contribution in [2.24, 2.45) is 21.7 Å². The predicted molar refractivity (Wildman–Crippen MR) is 147 cm³/mol. The molecule has 0 aromatic carbocycles. The molecule has 0 aromatic rings. The van der Waals surface area contributed by atoms with Gasteiger partial charge in [0.2, 0.25) is 0 Å². The lowest BCUT2D eigenvalue weighted by Gasteiger charge is -2.37. The van der Waals surface area contributed by atoms with Gasteiger partial charge in [-0.3, -0.25) is 0 Å². The highest BCUT2D eigenvalue weighted by Crippen LogP contribution is 2.29. The summed E-state index contributed by atoms with van der Waals surface area (Å²) >= 11 is 0. The second-order valence-electron chi connectivity index (χ2n) is 12.0. The van der Waals surface area contributed by atoms with E-state index in [9.17, 15) is 0 Å². The van der Waals surface area contributed by atoms with Gasteiger partial charge in [-0.1, -0.05) is 51.4 Å². The van der Waals surface area contributed by atoms with E-state index in [4.69, 9.17) is 18.9 Å². The summed E-state index contributed by atoms with van der Waals surface area (Å²) in [5.74, 6) is 43.9. The standard InChI is InChI=1S/C34H32O4/c1-29(2)17-9-13-21-33(35-25-31(5,6)26-36-33)23-15-11-19-30(3,4)20-12-16-24-34(22-14-10-18-29)37-27-32(7,8)28-38-34/h25-28H2,1-8H3. The number of hydrogen-bond acceptors (Lipinski definition) is 4. The number of ether oxygens (including phenoxy) is 4. The van der Waals surface area contributed by atoms with Crippen molar-refractivity contribution >= 4 is 0 Å². The smallest absolute Gasteiger partial charge is 0.302 e. The van der Waals surface area contributed by atoms with Crippen molar-refractivity contribution in [2.75, 3.05) is 26.4 Å². The fourth-order valence-electron chi connectivity index (χ4n) is 2.97. The summed E-state index contributed by atoms with van der Waals surface area (Å²) in [7, 11) is 0. The quantitative estimate of drug-likeness (QED) is 0.473. The molecule has 0 radical (unpaired) electrons. The Kier molecular flexibility index (Phi) is 8.34. The zero-order valence-corrected chi connectivity index (χ0v) is 23.5. The van der Waals surface area contributed by atoms with E-state index in [1.165, 1.54) is 0 Å². The summed E-state index contributed by atoms with van der Waals surface area (Å²) in [4.78, 5) is 0. The maximum atomic E-state index is 5.94. The molecule has 0 unspecified atom stereocenters. The molecule has 0 atom stereocenters. The Labute approximate surface area is 228 Å². The molecule has 4 heteroatoms. The van der Waals surface area contributed by atoms with E-state index in [0.717, 1.165) is 0 Å². The Morgan fingerprint density at radius 2 is 0.553 bits per heavy atom. The van der Waals surface area contributed by atoms with Crippen LogP contribution in [0.5, 0.6) is 0 Å². The van der Waals surface area contributed by atoms with Crippen LogP contribution in [0.4, 0.5) is 0 Å². The van der Waals surface area contributed by atoms with Gasteiger partial charge in [0.15, 0.2) is 0 Å². The molecule has 1 aliphatic carbocycles. The van der Waals surface area contributed by atoms with Crippen molar-refractivity contribution in [3.05, 3.63) is 0 Å². The Balaban J connectivity index is 2.03. The molecule has 2 heterocycles. The van der Waals surface area contributed by atoms with Crippen LogP contribution in [-0.4, -0.2) is 38.0 Å². The number of hydrogen-bond donors (Lipinski definition) is 0. The lowest BCUT2D eigenvalue weighted by Crippen LogP contribution is -2.45. The molecule has 2 saturated heterocycles. The third kappa shape index (κ3) is 8.71. The van der Waals surface area contributed by atoms with E-state index >= 15 is 0 Å². The second kappa shape index (κ2) is 11.0. The molecule has 2 aliphatic heterocycles. The van der Waals surface area contributed by atoms with Crippen LogP contribution in [0.25, 0.3) is 0 Å². The first-order valence-corrected chi connectivity index (χ1v) is 12.4. The lowest BCUT2D eigenvalue weighted by atomic mass is 9.94. The van der Waals surface area contributed by atoms with Crippen LogP contribution in [-0.2, 0) is 18.9 Å². The van der Waals surface area contributed by atoms with E-state index < -0.39 is 22.4 Å². The lowest BCUT2D eigenvalue weighted by molar-refractivity contribution is -0.234. The largest absolute Gasteiger partial charge is 0.329 e. The first-order chi connectivity index (χ1) is 17.7. The van der Waals surface area contributed by atoms with Gasteiger partial charge >= 0.3 is 11.6 Å². The fourth-order valence-corrected chi connectivity index (χ4v) is 2.97. The molecule has 2 spiro atoms. The van der Waals surface area contributed by atoms with E-state index in [2.05, 4.69) is 122 Å². The summed E-state index contributed by atoms with van der Waals surface area (Å²) in [6.45, 7) is 17.5. The van der Waals surface area contributed by atoms with Crippen molar-refractivity contribution in [1.82, 2.24) is 0 Å². The third-order valence-corrected chi connectivity index (χ3v) is 5.32. The Morgan fingerprint density at radius 1 is 0.342 bits per heavy atom. The molecule has 0 bridgehead atoms. The molecule has 38 heavy (non-hydrogen) atoms. The van der Waals surface area contributed by atoms with Gasteiger partial charge in [0.25, 0.3) is 0 Å². The van der Waals surface area contributed by atoms with Gasteiger partial charge in [-0.2, -0.15) is 0 Å². The summed E-state index contributed by atoms with van der Waals surface area (Å²) in [6.07, 6.45) is 0. The highest BCUT2D eigenvalue weighted by molar-refractivity contribution is 5.44. The summed E-state index contributed by atoms with van der Waals surface area (Å²) in [6, 6.07) is 0. The topological polar surface area (TPSA) is 36.9 Å². The first kappa shape index (κ1) is 28.9. The Morgan fingerprint density at radius 3 is 0.789 bits per heavy atom. The minimum absolute atomic E-state index is 0.144. The van der Waals surface area contributed by atoms with Crippen molar-refractivity contribution in [2.45, 2.75) is 67.0 Å². The highest BCUT2D eigenvalue weighted by atomic mass is 16.7. The molecule has 192 valence electrons. The molecular weight excluding hydrogens is 472 g/mol. The molecule has 3 rings (SSSR count). The predicted octanol–water partition coefficient (Wildman–Crippen LogP) is 3.62. The van der Waals surface area contributed by atoms with Crippen molar-refractivity contribution < 1.29 is 18.9 Å². The molecule has 3 aliphatic rings. The van der Waals surface area contributed by atoms with Gasteiger partial charge in [-0.15, -0.1) is 0 Å². The van der Waals surface area contributed by atoms with Gasteiger partial charge in [0.05, 0.1) is 37.3 Å². The van der Waals surface area contributed by atoms with Crippen LogP contribution < -0.4 is 0 Å². The summed E-state index contributed by atoms with van der Waals surface area (Å²) in [5, 5.41) is 0. The average Bonchev–Trinajstić information content (AvgIpc) is 2.83. The second-order valence-corrected chi connectivity index (χ2v) is 12.0. The molecule has 0 N–H and O–H groups in total. The minimum atomic E-state index is -1.40. The maximum Gasteiger partial charge on any atom is 0.302 e. The summed E-state index contributed by atoms with van der Waals surface area (Å²) in [5.41, 5.74) is -1.63. The SMILES string of the molecule is CC1(C)C#CC#CC2(C#CC#CC(C)(C)C#CC#CC3(C#CC#C1)OCC(C)(C)CO3)OCC(C)(C)CO2. The van der Waals surface area contributed by atoms with Crippen LogP contribution in [0.3, 0.4) is 0 Å². The highest BCUT2D eigenvalue weighted by Gasteiger charge is 2.39. The van der Waals surface area contributed by atoms with Gasteiger partial charge in [-0.05, 0) is 98.7 Å². The molecular formula is C34H32O4. The average molecular weight is 505 g/mol. The van der Waals surface area contributed by atoms with E-state index in [1.807, 2.05) is 27.7 Å². The van der Waals surface area contributed by atoms with Crippen LogP contribution in [0.2, 0.25) is 0 Å². The minimum Gasteiger partial charge on any atom is -0.329 e. The van der Waals surface area contributed by atoms with E-state index in [-0.39, 0.29) is 10.8 Å². The summed E-state index contributed by atoms with van der Waals surface area (Å²) < 4.78 is 23.8. The van der Waals surface area contributed by atoms with Gasteiger partial charge < -0.3 is 18.9 Å². The maximum absolute atomic E-state index is 5.94. The monoisotopic (exact) mass is 504 g/mol. The van der Waals surface area contributed by atoms with E-state index in [1.54, 1.807) is 0 Å². The Bertz CT molecular complexity index is 1250. The van der Waals surface area contributed by atoms with Crippen molar-refractivity contribution in [3.63, 3.8) is 0 Å². The van der Waals surface area contributed by atoms with Crippen molar-refractivity contribution in [1.29, 1.82) is 0 Å².